The van der Waals surface area contributed by atoms with Gasteiger partial charge in [-0.2, -0.15) is 26.3 Å². The molecule has 0 aliphatic carbocycles. The molecule has 0 unspecified atom stereocenters. The molecule has 80 valence electrons. The molecule has 14 heavy (non-hydrogen) atoms. The molecule has 0 atom stereocenters. The summed E-state index contributed by atoms with van der Waals surface area (Å²) in [5.74, 6) is -11.2. The van der Waals surface area contributed by atoms with Crippen molar-refractivity contribution in [1.82, 2.24) is 0 Å². The molecule has 0 spiro atoms. The van der Waals surface area contributed by atoms with Gasteiger partial charge in [0.15, 0.2) is 19.0 Å². The number of nitrogens with two attached hydrogens (primary N) is 1. The Labute approximate surface area is 79.5 Å². The molecular weight excluding hydrogens is 248 g/mol. The van der Waals surface area contributed by atoms with E-state index < -0.39 is 41.7 Å². The minimum absolute atomic E-state index is 1.57. The van der Waals surface area contributed by atoms with Gasteiger partial charge >= 0.3 is 11.6 Å². The van der Waals surface area contributed by atoms with Gasteiger partial charge in [-0.05, 0) is 0 Å². The second-order valence-electron chi connectivity index (χ2n) is 2.12. The molecule has 0 saturated carbocycles. The molecule has 2 N–H and O–H groups in total. The van der Waals surface area contributed by atoms with Crippen molar-refractivity contribution in [3.63, 3.8) is 0 Å². The zero-order valence-corrected chi connectivity index (χ0v) is 8.33. The van der Waals surface area contributed by atoms with Crippen molar-refractivity contribution in [2.24, 2.45) is 5.73 Å². The molecule has 0 fully saturated rings. The fourth-order valence-electron chi connectivity index (χ4n) is 0.506. The first-order valence-electron chi connectivity index (χ1n) is 2.99. The number of hydrogen-bond donors (Lipinski definition) is 1. The molecule has 0 aliphatic heterocycles. The number of rotatable bonds is 3. The standard InChI is InChI=1S/C4H3F6NOSi2/c5-3(6,7)13-2(1(11)12)14-4(8,9)10/h2H,(H2,11,12). The Morgan fingerprint density at radius 2 is 1.29 bits per heavy atom. The predicted octanol–water partition coefficient (Wildman–Crippen LogP) is 0.666. The fourth-order valence-corrected chi connectivity index (χ4v) is 2.72. The maximum Gasteiger partial charge on any atom is 0.357 e. The lowest BCUT2D eigenvalue weighted by molar-refractivity contribution is -0.118. The van der Waals surface area contributed by atoms with E-state index in [1.807, 2.05) is 0 Å². The number of halogens is 6. The third-order valence-electron chi connectivity index (χ3n) is 0.901. The van der Waals surface area contributed by atoms with Crippen molar-refractivity contribution in [3.8, 4) is 0 Å². The van der Waals surface area contributed by atoms with E-state index in [0.29, 0.717) is 0 Å². The lowest BCUT2D eigenvalue weighted by Gasteiger charge is -2.14. The van der Waals surface area contributed by atoms with E-state index in [1.54, 1.807) is 0 Å². The second kappa shape index (κ2) is 4.34. The molecule has 0 bridgehead atoms. The molecule has 0 heterocycles. The summed E-state index contributed by atoms with van der Waals surface area (Å²) in [6, 6.07) is 0. The van der Waals surface area contributed by atoms with Gasteiger partial charge < -0.3 is 5.73 Å². The first-order valence-corrected chi connectivity index (χ1v) is 5.15. The summed E-state index contributed by atoms with van der Waals surface area (Å²) in [7, 11) is -4.19. The average molecular weight is 251 g/mol. The predicted molar refractivity (Wildman–Crippen MR) is 36.6 cm³/mol. The quantitative estimate of drug-likeness (QED) is 0.581. The summed E-state index contributed by atoms with van der Waals surface area (Å²) in [6.07, 6.45) is 0. The maximum absolute atomic E-state index is 11.7. The number of hydrogen-bond acceptors (Lipinski definition) is 1. The van der Waals surface area contributed by atoms with E-state index in [4.69, 9.17) is 0 Å². The van der Waals surface area contributed by atoms with Gasteiger partial charge in [-0.15, -0.1) is 0 Å². The van der Waals surface area contributed by atoms with Gasteiger partial charge in [-0.3, -0.25) is 4.79 Å². The van der Waals surface area contributed by atoms with E-state index in [-0.39, 0.29) is 0 Å². The third-order valence-corrected chi connectivity index (χ3v) is 3.57. The molecule has 0 aromatic rings. The van der Waals surface area contributed by atoms with Gasteiger partial charge in [0, 0.05) is 5.16 Å². The van der Waals surface area contributed by atoms with E-state index in [1.165, 1.54) is 0 Å². The summed E-state index contributed by atoms with van der Waals surface area (Å²) in [5.41, 5.74) is 4.43. The molecule has 2 nitrogen and oxygen atoms in total. The van der Waals surface area contributed by atoms with Crippen molar-refractivity contribution < 1.29 is 31.1 Å². The normalized spacial score (nSPS) is 13.4. The number of alkyl halides is 6. The average Bonchev–Trinajstić information content (AvgIpc) is 1.78. The monoisotopic (exact) mass is 251 g/mol. The second-order valence-corrected chi connectivity index (χ2v) is 5.56. The lowest BCUT2D eigenvalue weighted by atomic mass is 10.7. The molecule has 0 aromatic carbocycles. The molecule has 1 amide bonds. The highest BCUT2D eigenvalue weighted by Crippen LogP contribution is 2.24. The number of amides is 1. The Hall–Kier alpha value is -0.516. The maximum atomic E-state index is 11.7. The van der Waals surface area contributed by atoms with E-state index in [2.05, 4.69) is 5.73 Å². The smallest absolute Gasteiger partial charge is 0.357 e. The SMILES string of the molecule is NC(=O)C([Si]C(F)(F)F)[Si]C(F)(F)F. The van der Waals surface area contributed by atoms with Gasteiger partial charge in [-0.25, -0.2) is 0 Å². The van der Waals surface area contributed by atoms with Gasteiger partial charge in [0.2, 0.25) is 5.91 Å². The number of carbonyl (C=O) groups is 1. The Bertz CT molecular complexity index is 197. The topological polar surface area (TPSA) is 43.1 Å². The number of carbonyl (C=O) groups excluding carboxylic acids is 1. The Balaban J connectivity index is 4.40. The molecule has 0 rings (SSSR count). The van der Waals surface area contributed by atoms with Crippen LogP contribution in [0, 0.1) is 0 Å². The van der Waals surface area contributed by atoms with Crippen LogP contribution in [0.2, 0.25) is 5.16 Å². The van der Waals surface area contributed by atoms with Crippen molar-refractivity contribution in [2.45, 2.75) is 16.8 Å². The fraction of sp³-hybridized carbons (Fsp3) is 0.750. The Kier molecular flexibility index (Phi) is 4.18. The van der Waals surface area contributed by atoms with Crippen molar-refractivity contribution >= 4 is 24.9 Å². The highest BCUT2D eigenvalue weighted by molar-refractivity contribution is 6.67. The van der Waals surface area contributed by atoms with Crippen molar-refractivity contribution in [3.05, 3.63) is 0 Å². The van der Waals surface area contributed by atoms with Crippen LogP contribution in [0.1, 0.15) is 0 Å². The van der Waals surface area contributed by atoms with Crippen LogP contribution >= 0.6 is 0 Å². The van der Waals surface area contributed by atoms with Crippen molar-refractivity contribution in [2.75, 3.05) is 0 Å². The first-order chi connectivity index (χ1) is 6.01. The molecule has 4 radical (unpaired) electrons. The van der Waals surface area contributed by atoms with Crippen LogP contribution in [0.3, 0.4) is 0 Å². The molecule has 0 saturated heterocycles. The highest BCUT2D eigenvalue weighted by Gasteiger charge is 2.43. The van der Waals surface area contributed by atoms with Crippen LogP contribution in [0.15, 0.2) is 0 Å². The molecule has 0 aliphatic rings. The Morgan fingerprint density at radius 1 is 1.00 bits per heavy atom. The minimum Gasteiger partial charge on any atom is -0.370 e. The summed E-state index contributed by atoms with van der Waals surface area (Å²) >= 11 is 0. The summed E-state index contributed by atoms with van der Waals surface area (Å²) in [6.45, 7) is 0. The highest BCUT2D eigenvalue weighted by atomic mass is 28.3. The lowest BCUT2D eigenvalue weighted by Crippen LogP contribution is -2.40. The van der Waals surface area contributed by atoms with Gasteiger partial charge in [0.25, 0.3) is 0 Å². The molecular formula is C4H3F6NOSi2. The zero-order chi connectivity index (χ0) is 11.6. The van der Waals surface area contributed by atoms with Crippen LogP contribution in [0.5, 0.6) is 0 Å². The van der Waals surface area contributed by atoms with E-state index >= 15 is 0 Å². The van der Waals surface area contributed by atoms with Crippen molar-refractivity contribution in [1.29, 1.82) is 0 Å². The van der Waals surface area contributed by atoms with Gasteiger partial charge in [0.05, 0.1) is 0 Å². The first kappa shape index (κ1) is 13.5. The Morgan fingerprint density at radius 3 is 1.43 bits per heavy atom. The van der Waals surface area contributed by atoms with Crippen LogP contribution in [-0.2, 0) is 4.79 Å². The van der Waals surface area contributed by atoms with Gasteiger partial charge in [-0.1, -0.05) is 0 Å². The molecule has 10 heteroatoms. The summed E-state index contributed by atoms with van der Waals surface area (Å²) in [4.78, 5) is 10.3. The van der Waals surface area contributed by atoms with Crippen LogP contribution in [0.25, 0.3) is 0 Å². The van der Waals surface area contributed by atoms with Crippen LogP contribution in [0.4, 0.5) is 26.3 Å². The van der Waals surface area contributed by atoms with Gasteiger partial charge in [0.1, 0.15) is 0 Å². The van der Waals surface area contributed by atoms with Crippen LogP contribution < -0.4 is 5.73 Å². The third kappa shape index (κ3) is 6.94. The largest absolute Gasteiger partial charge is 0.370 e. The number of primary amides is 1. The van der Waals surface area contributed by atoms with Crippen LogP contribution in [-0.4, -0.2) is 36.5 Å². The summed E-state index contributed by atoms with van der Waals surface area (Å²) < 4.78 is 70.1. The zero-order valence-electron chi connectivity index (χ0n) is 6.33. The van der Waals surface area contributed by atoms with E-state index in [9.17, 15) is 31.1 Å². The minimum atomic E-state index is -4.79. The summed E-state index contributed by atoms with van der Waals surface area (Å²) in [5, 5.41) is -2.19. The molecule has 0 aromatic heterocycles. The van der Waals surface area contributed by atoms with E-state index in [0.717, 1.165) is 0 Å².